The lowest BCUT2D eigenvalue weighted by atomic mass is 9.94. The molecule has 0 spiro atoms. The Morgan fingerprint density at radius 2 is 2.35 bits per heavy atom. The molecule has 1 aromatic carbocycles. The number of fused-ring (bicyclic) bond motifs is 1. The normalized spacial score (nSPS) is 21.8. The fraction of sp³-hybridized carbons (Fsp3) is 0.462. The molecule has 0 amide bonds. The van der Waals surface area contributed by atoms with Gasteiger partial charge in [-0.1, -0.05) is 0 Å². The summed E-state index contributed by atoms with van der Waals surface area (Å²) in [5, 5.41) is 8.71. The molecule has 0 aliphatic carbocycles. The van der Waals surface area contributed by atoms with E-state index >= 15 is 0 Å². The third-order valence-corrected chi connectivity index (χ3v) is 3.06. The molecular weight excluding hydrogens is 220 g/mol. The van der Waals surface area contributed by atoms with Gasteiger partial charge in [-0.25, -0.2) is 0 Å². The lowest BCUT2D eigenvalue weighted by Gasteiger charge is -2.22. The van der Waals surface area contributed by atoms with Crippen LogP contribution in [0.4, 0.5) is 0 Å². The van der Waals surface area contributed by atoms with E-state index in [9.17, 15) is 4.79 Å². The molecule has 1 unspecified atom stereocenters. The highest BCUT2D eigenvalue weighted by atomic mass is 16.5. The second-order valence-corrected chi connectivity index (χ2v) is 4.60. The number of carboxylic acid groups (broad SMARTS) is 1. The van der Waals surface area contributed by atoms with E-state index in [1.165, 1.54) is 0 Å². The van der Waals surface area contributed by atoms with Gasteiger partial charge in [0, 0.05) is 18.4 Å². The summed E-state index contributed by atoms with van der Waals surface area (Å²) in [5.74, 6) is 0.844. The number of aliphatic carboxylic acids is 1. The fourth-order valence-electron chi connectivity index (χ4n) is 2.14. The number of methoxy groups -OCH3 is 1. The second-order valence-electron chi connectivity index (χ2n) is 4.60. The highest BCUT2D eigenvalue weighted by molar-refractivity contribution is 5.66. The van der Waals surface area contributed by atoms with Gasteiger partial charge in [-0.05, 0) is 31.5 Å². The van der Waals surface area contributed by atoms with Crippen LogP contribution in [0, 0.1) is 0 Å². The van der Waals surface area contributed by atoms with Crippen LogP contribution in [0.3, 0.4) is 0 Å². The third-order valence-electron chi connectivity index (χ3n) is 3.06. The summed E-state index contributed by atoms with van der Waals surface area (Å²) >= 11 is 0. The van der Waals surface area contributed by atoms with Crippen molar-refractivity contribution in [3.05, 3.63) is 23.8 Å². The molecule has 0 saturated heterocycles. The maximum atomic E-state index is 10.6. The predicted octanol–water partition coefficient (Wildman–Crippen LogP) is 2.25. The number of rotatable bonds is 4. The van der Waals surface area contributed by atoms with Gasteiger partial charge < -0.3 is 14.6 Å². The van der Waals surface area contributed by atoms with Gasteiger partial charge in [0.25, 0.3) is 0 Å². The van der Waals surface area contributed by atoms with Crippen molar-refractivity contribution in [2.45, 2.75) is 31.8 Å². The first-order chi connectivity index (χ1) is 8.02. The Kier molecular flexibility index (Phi) is 2.96. The summed E-state index contributed by atoms with van der Waals surface area (Å²) in [6.07, 6.45) is 1.37. The number of hydrogen-bond acceptors (Lipinski definition) is 3. The van der Waals surface area contributed by atoms with Crippen LogP contribution < -0.4 is 9.47 Å². The topological polar surface area (TPSA) is 55.8 Å². The average molecular weight is 236 g/mol. The first-order valence-electron chi connectivity index (χ1n) is 5.60. The molecule has 1 aromatic rings. The molecule has 0 bridgehead atoms. The molecule has 1 heterocycles. The minimum absolute atomic E-state index is 0.127. The van der Waals surface area contributed by atoms with Crippen molar-refractivity contribution in [1.29, 1.82) is 0 Å². The van der Waals surface area contributed by atoms with Gasteiger partial charge in [-0.15, -0.1) is 0 Å². The van der Waals surface area contributed by atoms with Crippen molar-refractivity contribution in [1.82, 2.24) is 0 Å². The van der Waals surface area contributed by atoms with Crippen LogP contribution in [-0.2, 0) is 11.2 Å². The van der Waals surface area contributed by atoms with Crippen LogP contribution in [-0.4, -0.2) is 23.8 Å². The minimum Gasteiger partial charge on any atom is -0.497 e. The van der Waals surface area contributed by atoms with E-state index in [1.807, 2.05) is 25.1 Å². The Morgan fingerprint density at radius 3 is 3.00 bits per heavy atom. The van der Waals surface area contributed by atoms with Gasteiger partial charge in [-0.3, -0.25) is 4.79 Å². The van der Waals surface area contributed by atoms with Crippen LogP contribution in [0.15, 0.2) is 18.2 Å². The molecule has 1 aliphatic heterocycles. The Balaban J connectivity index is 2.11. The van der Waals surface area contributed by atoms with E-state index in [-0.39, 0.29) is 6.42 Å². The first-order valence-corrected chi connectivity index (χ1v) is 5.60. The zero-order valence-corrected chi connectivity index (χ0v) is 10.0. The third kappa shape index (κ3) is 2.52. The molecular formula is C13H16O4. The van der Waals surface area contributed by atoms with E-state index in [0.717, 1.165) is 23.5 Å². The maximum Gasteiger partial charge on any atom is 0.303 e. The molecule has 0 aromatic heterocycles. The zero-order chi connectivity index (χ0) is 12.5. The van der Waals surface area contributed by atoms with Crippen molar-refractivity contribution in [2.24, 2.45) is 0 Å². The fourth-order valence-corrected chi connectivity index (χ4v) is 2.14. The number of ether oxygens (including phenoxy) is 2. The Hall–Kier alpha value is -1.71. The summed E-state index contributed by atoms with van der Waals surface area (Å²) in [6.45, 7) is 1.95. The van der Waals surface area contributed by atoms with Gasteiger partial charge >= 0.3 is 5.97 Å². The molecule has 1 aliphatic rings. The number of carboxylic acids is 1. The smallest absolute Gasteiger partial charge is 0.303 e. The molecule has 0 radical (unpaired) electrons. The second kappa shape index (κ2) is 4.28. The van der Waals surface area contributed by atoms with E-state index in [0.29, 0.717) is 6.42 Å². The summed E-state index contributed by atoms with van der Waals surface area (Å²) in [4.78, 5) is 10.6. The van der Waals surface area contributed by atoms with E-state index in [4.69, 9.17) is 14.6 Å². The maximum absolute atomic E-state index is 10.6. The van der Waals surface area contributed by atoms with Crippen LogP contribution in [0.1, 0.15) is 25.3 Å². The van der Waals surface area contributed by atoms with E-state index < -0.39 is 11.6 Å². The van der Waals surface area contributed by atoms with Gasteiger partial charge in [0.05, 0.1) is 7.11 Å². The number of carbonyl (C=O) groups is 1. The molecule has 0 fully saturated rings. The standard InChI is InChI=1S/C13H16O4/c1-13(6-5-12(14)15)8-9-7-10(16-2)3-4-11(9)17-13/h3-4,7H,5-6,8H2,1-2H3,(H,14,15). The van der Waals surface area contributed by atoms with E-state index in [1.54, 1.807) is 7.11 Å². The molecule has 0 saturated carbocycles. The summed E-state index contributed by atoms with van der Waals surface area (Å²) < 4.78 is 11.0. The molecule has 4 nitrogen and oxygen atoms in total. The SMILES string of the molecule is COc1ccc2c(c1)CC(C)(CCC(=O)O)O2. The Bertz CT molecular complexity index is 441. The average Bonchev–Trinajstić information content (AvgIpc) is 2.62. The molecule has 1 atom stereocenters. The van der Waals surface area contributed by atoms with Crippen LogP contribution in [0.5, 0.6) is 11.5 Å². The van der Waals surface area contributed by atoms with Gasteiger partial charge in [0.2, 0.25) is 0 Å². The highest BCUT2D eigenvalue weighted by Crippen LogP contribution is 2.39. The van der Waals surface area contributed by atoms with Crippen molar-refractivity contribution in [2.75, 3.05) is 7.11 Å². The number of hydrogen-bond donors (Lipinski definition) is 1. The molecule has 1 N–H and O–H groups in total. The van der Waals surface area contributed by atoms with Crippen molar-refractivity contribution < 1.29 is 19.4 Å². The summed E-state index contributed by atoms with van der Waals surface area (Å²) in [7, 11) is 1.63. The lowest BCUT2D eigenvalue weighted by molar-refractivity contribution is -0.138. The minimum atomic E-state index is -0.789. The lowest BCUT2D eigenvalue weighted by Crippen LogP contribution is -2.30. The van der Waals surface area contributed by atoms with Gasteiger partial charge in [0.1, 0.15) is 17.1 Å². The highest BCUT2D eigenvalue weighted by Gasteiger charge is 2.35. The Labute approximate surface area is 100 Å². The molecule has 92 valence electrons. The number of benzene rings is 1. The molecule has 4 heteroatoms. The van der Waals surface area contributed by atoms with Crippen molar-refractivity contribution >= 4 is 5.97 Å². The zero-order valence-electron chi connectivity index (χ0n) is 10.0. The van der Waals surface area contributed by atoms with E-state index in [2.05, 4.69) is 0 Å². The quantitative estimate of drug-likeness (QED) is 0.871. The largest absolute Gasteiger partial charge is 0.497 e. The summed E-state index contributed by atoms with van der Waals surface area (Å²) in [6, 6.07) is 5.67. The first kappa shape index (κ1) is 11.8. The van der Waals surface area contributed by atoms with Crippen molar-refractivity contribution in [3.63, 3.8) is 0 Å². The van der Waals surface area contributed by atoms with Crippen molar-refractivity contribution in [3.8, 4) is 11.5 Å². The Morgan fingerprint density at radius 1 is 1.59 bits per heavy atom. The van der Waals surface area contributed by atoms with Gasteiger partial charge in [0.15, 0.2) is 0 Å². The van der Waals surface area contributed by atoms with Crippen LogP contribution in [0.25, 0.3) is 0 Å². The predicted molar refractivity (Wildman–Crippen MR) is 62.6 cm³/mol. The summed E-state index contributed by atoms with van der Waals surface area (Å²) in [5.41, 5.74) is 0.671. The van der Waals surface area contributed by atoms with Gasteiger partial charge in [-0.2, -0.15) is 0 Å². The molecule has 17 heavy (non-hydrogen) atoms. The monoisotopic (exact) mass is 236 g/mol. The van der Waals surface area contributed by atoms with Crippen LogP contribution >= 0.6 is 0 Å². The molecule has 2 rings (SSSR count). The van der Waals surface area contributed by atoms with Crippen LogP contribution in [0.2, 0.25) is 0 Å².